The van der Waals surface area contributed by atoms with Gasteiger partial charge in [-0.3, -0.25) is 14.2 Å². The number of carbonyl (C=O) groups is 1. The van der Waals surface area contributed by atoms with E-state index in [0.29, 0.717) is 28.2 Å². The highest BCUT2D eigenvalue weighted by Crippen LogP contribution is 2.34. The van der Waals surface area contributed by atoms with Crippen LogP contribution in [-0.2, 0) is 11.3 Å². The van der Waals surface area contributed by atoms with Crippen LogP contribution < -0.4 is 20.3 Å². The van der Waals surface area contributed by atoms with Crippen molar-refractivity contribution < 1.29 is 14.3 Å². The fraction of sp³-hybridized carbons (Fsp3) is 0.240. The number of anilines is 1. The Bertz CT molecular complexity index is 1360. The molecule has 1 aliphatic rings. The van der Waals surface area contributed by atoms with Gasteiger partial charge < -0.3 is 19.4 Å². The normalized spacial score (nSPS) is 13.2. The Labute approximate surface area is 190 Å². The molecular weight excluding hydrogens is 420 g/mol. The van der Waals surface area contributed by atoms with Gasteiger partial charge in [0.15, 0.2) is 0 Å². The zero-order chi connectivity index (χ0) is 22.9. The van der Waals surface area contributed by atoms with E-state index in [1.165, 1.54) is 0 Å². The predicted molar refractivity (Wildman–Crippen MR) is 126 cm³/mol. The molecule has 33 heavy (non-hydrogen) atoms. The van der Waals surface area contributed by atoms with Gasteiger partial charge in [0.1, 0.15) is 29.1 Å². The van der Waals surface area contributed by atoms with E-state index in [1.807, 2.05) is 36.5 Å². The molecule has 1 saturated carbocycles. The van der Waals surface area contributed by atoms with Crippen molar-refractivity contribution in [3.63, 3.8) is 0 Å². The van der Waals surface area contributed by atoms with E-state index in [4.69, 9.17) is 9.47 Å². The van der Waals surface area contributed by atoms with Crippen molar-refractivity contribution in [1.82, 2.24) is 14.1 Å². The summed E-state index contributed by atoms with van der Waals surface area (Å²) in [5.74, 6) is 0.862. The van der Waals surface area contributed by atoms with Crippen molar-refractivity contribution >= 4 is 22.6 Å². The Kier molecular flexibility index (Phi) is 5.34. The van der Waals surface area contributed by atoms with Gasteiger partial charge in [-0.15, -0.1) is 0 Å². The number of aromatic nitrogens is 3. The molecule has 5 rings (SSSR count). The summed E-state index contributed by atoms with van der Waals surface area (Å²) in [6.45, 7) is -0.0333. The van der Waals surface area contributed by atoms with E-state index in [0.717, 1.165) is 24.0 Å². The lowest BCUT2D eigenvalue weighted by molar-refractivity contribution is -0.116. The van der Waals surface area contributed by atoms with Crippen LogP contribution >= 0.6 is 0 Å². The first-order valence-corrected chi connectivity index (χ1v) is 10.8. The number of nitrogens with zero attached hydrogens (tertiary/aromatic N) is 3. The number of benzene rings is 2. The molecule has 0 saturated heterocycles. The van der Waals surface area contributed by atoms with Gasteiger partial charge >= 0.3 is 0 Å². The molecule has 1 N–H and O–H groups in total. The van der Waals surface area contributed by atoms with Crippen molar-refractivity contribution in [3.05, 3.63) is 71.4 Å². The second-order valence-electron chi connectivity index (χ2n) is 8.07. The highest BCUT2D eigenvalue weighted by Gasteiger charge is 2.27. The Morgan fingerprint density at radius 1 is 1.09 bits per heavy atom. The van der Waals surface area contributed by atoms with Crippen molar-refractivity contribution in [3.8, 4) is 22.6 Å². The third-order valence-corrected chi connectivity index (χ3v) is 5.77. The van der Waals surface area contributed by atoms with E-state index >= 15 is 0 Å². The maximum absolute atomic E-state index is 13.3. The summed E-state index contributed by atoms with van der Waals surface area (Å²) in [4.78, 5) is 30.9. The third-order valence-electron chi connectivity index (χ3n) is 5.77. The van der Waals surface area contributed by atoms with Crippen molar-refractivity contribution in [2.24, 2.45) is 0 Å². The van der Waals surface area contributed by atoms with Gasteiger partial charge in [0.2, 0.25) is 5.91 Å². The van der Waals surface area contributed by atoms with E-state index < -0.39 is 0 Å². The molecule has 1 fully saturated rings. The maximum Gasteiger partial charge on any atom is 0.278 e. The molecular formula is C25H24N4O4. The molecule has 0 atom stereocenters. The van der Waals surface area contributed by atoms with E-state index in [-0.39, 0.29) is 24.1 Å². The van der Waals surface area contributed by atoms with Gasteiger partial charge in [-0.05, 0) is 18.4 Å². The molecule has 2 aromatic heterocycles. The van der Waals surface area contributed by atoms with E-state index in [1.54, 1.807) is 47.9 Å². The summed E-state index contributed by atoms with van der Waals surface area (Å²) in [6.07, 6.45) is 5.40. The molecule has 1 aliphatic carbocycles. The smallest absolute Gasteiger partial charge is 0.278 e. The Hall–Kier alpha value is -4.07. The standard InChI is InChI=1S/C25H24N4O4/c1-32-19-10-17(11-20(12-19)33-2)27-22(30)14-28-13-21(16-6-4-3-5-7-16)23-24(28)25(31)29(15-26-23)18-8-9-18/h3-7,10-13,15,18H,8-9,14H2,1-2H3,(H,27,30). The van der Waals surface area contributed by atoms with Crippen molar-refractivity contribution in [1.29, 1.82) is 0 Å². The van der Waals surface area contributed by atoms with Crippen molar-refractivity contribution in [2.75, 3.05) is 19.5 Å². The van der Waals surface area contributed by atoms with E-state index in [2.05, 4.69) is 10.3 Å². The highest BCUT2D eigenvalue weighted by atomic mass is 16.5. The SMILES string of the molecule is COc1cc(NC(=O)Cn2cc(-c3ccccc3)c3ncn(C4CC4)c(=O)c32)cc(OC)c1. The number of rotatable bonds is 7. The van der Waals surface area contributed by atoms with Crippen LogP contribution in [0.1, 0.15) is 18.9 Å². The van der Waals surface area contributed by atoms with Crippen LogP contribution in [-0.4, -0.2) is 34.2 Å². The molecule has 1 amide bonds. The number of amides is 1. The minimum atomic E-state index is -0.275. The van der Waals surface area contributed by atoms with Gasteiger partial charge in [0, 0.05) is 41.7 Å². The van der Waals surface area contributed by atoms with Crippen LogP contribution in [0.4, 0.5) is 5.69 Å². The zero-order valence-corrected chi connectivity index (χ0v) is 18.4. The molecule has 8 nitrogen and oxygen atoms in total. The molecule has 2 heterocycles. The predicted octanol–water partition coefficient (Wildman–Crippen LogP) is 3.86. The Balaban J connectivity index is 1.53. The lowest BCUT2D eigenvalue weighted by Gasteiger charge is -2.11. The second kappa shape index (κ2) is 8.46. The molecule has 168 valence electrons. The molecule has 2 aromatic carbocycles. The van der Waals surface area contributed by atoms with Crippen LogP contribution in [0.2, 0.25) is 0 Å². The Morgan fingerprint density at radius 3 is 2.42 bits per heavy atom. The largest absolute Gasteiger partial charge is 0.497 e. The van der Waals surface area contributed by atoms with Crippen LogP contribution in [0.25, 0.3) is 22.2 Å². The maximum atomic E-state index is 13.3. The highest BCUT2D eigenvalue weighted by molar-refractivity contribution is 5.95. The van der Waals surface area contributed by atoms with Gasteiger partial charge in [-0.2, -0.15) is 0 Å². The topological polar surface area (TPSA) is 87.4 Å². The summed E-state index contributed by atoms with van der Waals surface area (Å²) < 4.78 is 13.9. The molecule has 0 spiro atoms. The summed E-state index contributed by atoms with van der Waals surface area (Å²) in [5, 5.41) is 2.87. The number of hydrogen-bond donors (Lipinski definition) is 1. The fourth-order valence-corrected chi connectivity index (χ4v) is 4.00. The van der Waals surface area contributed by atoms with E-state index in [9.17, 15) is 9.59 Å². The summed E-state index contributed by atoms with van der Waals surface area (Å²) >= 11 is 0. The summed E-state index contributed by atoms with van der Waals surface area (Å²) in [5.41, 5.74) is 3.21. The lowest BCUT2D eigenvalue weighted by Crippen LogP contribution is -2.24. The summed E-state index contributed by atoms with van der Waals surface area (Å²) in [6, 6.07) is 15.1. The number of carbonyl (C=O) groups excluding carboxylic acids is 1. The number of nitrogens with one attached hydrogen (secondary N) is 1. The average molecular weight is 444 g/mol. The molecule has 0 unspecified atom stereocenters. The van der Waals surface area contributed by atoms with Gasteiger partial charge in [-0.25, -0.2) is 4.98 Å². The lowest BCUT2D eigenvalue weighted by atomic mass is 10.1. The number of ether oxygens (including phenoxy) is 2. The molecule has 0 radical (unpaired) electrons. The number of methoxy groups -OCH3 is 2. The second-order valence-corrected chi connectivity index (χ2v) is 8.07. The Morgan fingerprint density at radius 2 is 1.79 bits per heavy atom. The molecule has 8 heteroatoms. The minimum Gasteiger partial charge on any atom is -0.497 e. The number of fused-ring (bicyclic) bond motifs is 1. The van der Waals surface area contributed by atoms with Crippen LogP contribution in [0.15, 0.2) is 65.8 Å². The molecule has 0 aliphatic heterocycles. The summed E-state index contributed by atoms with van der Waals surface area (Å²) in [7, 11) is 3.10. The average Bonchev–Trinajstić information content (AvgIpc) is 3.61. The van der Waals surface area contributed by atoms with Gasteiger partial charge in [-0.1, -0.05) is 30.3 Å². The van der Waals surface area contributed by atoms with Gasteiger partial charge in [0.25, 0.3) is 5.56 Å². The zero-order valence-electron chi connectivity index (χ0n) is 18.4. The minimum absolute atomic E-state index is 0.0333. The first-order chi connectivity index (χ1) is 16.1. The molecule has 4 aromatic rings. The molecule has 0 bridgehead atoms. The first-order valence-electron chi connectivity index (χ1n) is 10.8. The first kappa shape index (κ1) is 20.8. The fourth-order valence-electron chi connectivity index (χ4n) is 4.00. The third kappa shape index (κ3) is 4.07. The number of hydrogen-bond acceptors (Lipinski definition) is 5. The van der Waals surface area contributed by atoms with Crippen LogP contribution in [0.3, 0.4) is 0 Å². The van der Waals surface area contributed by atoms with Crippen molar-refractivity contribution in [2.45, 2.75) is 25.4 Å². The van der Waals surface area contributed by atoms with Crippen LogP contribution in [0, 0.1) is 0 Å². The quantitative estimate of drug-likeness (QED) is 0.468. The van der Waals surface area contributed by atoms with Gasteiger partial charge in [0.05, 0.1) is 20.5 Å². The monoisotopic (exact) mass is 444 g/mol. The van der Waals surface area contributed by atoms with Crippen LogP contribution in [0.5, 0.6) is 11.5 Å².